The molecular weight excluding hydrogens is 233 g/mol. The second-order valence-corrected chi connectivity index (χ2v) is 4.18. The third-order valence-corrected chi connectivity index (χ3v) is 2.83. The highest BCUT2D eigenvalue weighted by Crippen LogP contribution is 2.25. The van der Waals surface area contributed by atoms with Gasteiger partial charge in [-0.15, -0.1) is 0 Å². The normalized spacial score (nSPS) is 24.9. The number of amides is 2. The van der Waals surface area contributed by atoms with Crippen LogP contribution in [0.5, 0.6) is 0 Å². The zero-order valence-corrected chi connectivity index (χ0v) is 9.13. The van der Waals surface area contributed by atoms with E-state index in [-0.39, 0.29) is 13.1 Å². The Bertz CT molecular complexity index is 373. The molecule has 6 heteroatoms. The second-order valence-electron chi connectivity index (χ2n) is 4.18. The Hall–Kier alpha value is -1.46. The molecule has 0 spiro atoms. The Kier molecular flexibility index (Phi) is 3.13. The number of nitrogens with one attached hydrogen (secondary N) is 1. The Morgan fingerprint density at radius 3 is 2.71 bits per heavy atom. The third kappa shape index (κ3) is 2.81. The Morgan fingerprint density at radius 2 is 2.18 bits per heavy atom. The Morgan fingerprint density at radius 1 is 1.41 bits per heavy atom. The summed E-state index contributed by atoms with van der Waals surface area (Å²) < 4.78 is 37.2. The minimum atomic E-state index is -4.37. The highest BCUT2D eigenvalue weighted by molar-refractivity contribution is 5.77. The molecule has 1 N–H and O–H groups in total. The van der Waals surface area contributed by atoms with E-state index in [0.29, 0.717) is 0 Å². The molecule has 0 saturated carbocycles. The molecule has 0 aromatic heterocycles. The highest BCUT2D eigenvalue weighted by atomic mass is 19.4. The summed E-state index contributed by atoms with van der Waals surface area (Å²) in [6, 6.07) is -2.39. The summed E-state index contributed by atoms with van der Waals surface area (Å²) in [4.78, 5) is 12.6. The van der Waals surface area contributed by atoms with E-state index in [1.165, 1.54) is 4.90 Å². The van der Waals surface area contributed by atoms with Gasteiger partial charge in [-0.1, -0.05) is 18.2 Å². The first-order valence-electron chi connectivity index (χ1n) is 5.44. The van der Waals surface area contributed by atoms with Crippen molar-refractivity contribution in [2.75, 3.05) is 13.1 Å². The van der Waals surface area contributed by atoms with Gasteiger partial charge in [0.05, 0.1) is 6.54 Å². The van der Waals surface area contributed by atoms with E-state index in [4.69, 9.17) is 0 Å². The lowest BCUT2D eigenvalue weighted by molar-refractivity contribution is -0.149. The summed E-state index contributed by atoms with van der Waals surface area (Å²) in [6.07, 6.45) is 3.22. The molecule has 0 aromatic carbocycles. The largest absolute Gasteiger partial charge is 0.410 e. The van der Waals surface area contributed by atoms with Gasteiger partial charge in [-0.3, -0.25) is 0 Å². The fourth-order valence-corrected chi connectivity index (χ4v) is 1.92. The SMILES string of the molecule is O=C1N[C@@H](C(F)(F)F)CN1CC1=CCCC=C1. The average Bonchev–Trinajstić information content (AvgIpc) is 2.62. The highest BCUT2D eigenvalue weighted by Gasteiger charge is 2.46. The van der Waals surface area contributed by atoms with E-state index in [9.17, 15) is 18.0 Å². The monoisotopic (exact) mass is 246 g/mol. The standard InChI is InChI=1S/C11H13F3N2O/c12-11(13,14)9-7-16(10(17)15-9)6-8-4-2-1-3-5-8/h2,4-5,9H,1,3,6-7H2,(H,15,17)/t9-/m1/s1. The Balaban J connectivity index is 1.97. The average molecular weight is 246 g/mol. The van der Waals surface area contributed by atoms with E-state index >= 15 is 0 Å². The first-order valence-corrected chi connectivity index (χ1v) is 5.44. The minimum Gasteiger partial charge on any atom is -0.324 e. The van der Waals surface area contributed by atoms with Gasteiger partial charge in [0.15, 0.2) is 0 Å². The van der Waals surface area contributed by atoms with E-state index in [1.807, 2.05) is 23.5 Å². The number of carbonyl (C=O) groups is 1. The molecule has 0 aromatic rings. The van der Waals surface area contributed by atoms with Crippen LogP contribution in [0.3, 0.4) is 0 Å². The van der Waals surface area contributed by atoms with Crippen LogP contribution in [-0.2, 0) is 0 Å². The summed E-state index contributed by atoms with van der Waals surface area (Å²) >= 11 is 0. The van der Waals surface area contributed by atoms with Gasteiger partial charge in [-0.2, -0.15) is 13.2 Å². The van der Waals surface area contributed by atoms with Crippen molar-refractivity contribution in [3.8, 4) is 0 Å². The van der Waals surface area contributed by atoms with Crippen LogP contribution < -0.4 is 5.32 Å². The van der Waals surface area contributed by atoms with Gasteiger partial charge < -0.3 is 10.2 Å². The molecule has 17 heavy (non-hydrogen) atoms. The number of hydrogen-bond donors (Lipinski definition) is 1. The predicted octanol–water partition coefficient (Wildman–Crippen LogP) is 2.22. The van der Waals surface area contributed by atoms with Crippen LogP contribution in [-0.4, -0.2) is 36.2 Å². The van der Waals surface area contributed by atoms with Crippen molar-refractivity contribution in [2.45, 2.75) is 25.1 Å². The predicted molar refractivity (Wildman–Crippen MR) is 56.4 cm³/mol. The molecule has 1 saturated heterocycles. The molecule has 2 amide bonds. The minimum absolute atomic E-state index is 0.245. The van der Waals surface area contributed by atoms with Crippen molar-refractivity contribution in [3.05, 3.63) is 23.8 Å². The number of hydrogen-bond acceptors (Lipinski definition) is 1. The molecular formula is C11H13F3N2O. The molecule has 1 aliphatic heterocycles. The van der Waals surface area contributed by atoms with Crippen molar-refractivity contribution in [1.29, 1.82) is 0 Å². The fraction of sp³-hybridized carbons (Fsp3) is 0.545. The summed E-state index contributed by atoms with van der Waals surface area (Å²) in [7, 11) is 0. The van der Waals surface area contributed by atoms with Crippen molar-refractivity contribution in [1.82, 2.24) is 10.2 Å². The maximum absolute atomic E-state index is 12.4. The molecule has 94 valence electrons. The van der Waals surface area contributed by atoms with Gasteiger partial charge in [-0.05, 0) is 18.4 Å². The summed E-state index contributed by atoms with van der Waals surface area (Å²) in [5.41, 5.74) is 0.897. The van der Waals surface area contributed by atoms with Crippen LogP contribution >= 0.6 is 0 Å². The van der Waals surface area contributed by atoms with Gasteiger partial charge in [0.1, 0.15) is 6.04 Å². The van der Waals surface area contributed by atoms with Gasteiger partial charge >= 0.3 is 12.2 Å². The number of halogens is 3. The lowest BCUT2D eigenvalue weighted by Gasteiger charge is -2.17. The van der Waals surface area contributed by atoms with Crippen LogP contribution in [0.1, 0.15) is 12.8 Å². The second kappa shape index (κ2) is 4.43. The maximum Gasteiger partial charge on any atom is 0.410 e. The smallest absolute Gasteiger partial charge is 0.324 e. The summed E-state index contributed by atoms with van der Waals surface area (Å²) in [5, 5.41) is 1.94. The lowest BCUT2D eigenvalue weighted by Crippen LogP contribution is -2.40. The number of rotatable bonds is 2. The molecule has 1 fully saturated rings. The molecule has 3 nitrogen and oxygen atoms in total. The Labute approximate surface area is 97.0 Å². The van der Waals surface area contributed by atoms with Crippen molar-refractivity contribution in [2.24, 2.45) is 0 Å². The first-order chi connectivity index (χ1) is 7.97. The number of nitrogens with zero attached hydrogens (tertiary/aromatic N) is 1. The lowest BCUT2D eigenvalue weighted by atomic mass is 10.1. The van der Waals surface area contributed by atoms with Crippen LogP contribution in [0, 0.1) is 0 Å². The first kappa shape index (κ1) is 12.0. The molecule has 0 radical (unpaired) electrons. The van der Waals surface area contributed by atoms with Gasteiger partial charge in [0.2, 0.25) is 0 Å². The van der Waals surface area contributed by atoms with Crippen molar-refractivity contribution >= 4 is 6.03 Å². The zero-order valence-electron chi connectivity index (χ0n) is 9.13. The molecule has 2 rings (SSSR count). The van der Waals surface area contributed by atoms with E-state index in [2.05, 4.69) is 0 Å². The van der Waals surface area contributed by atoms with Crippen LogP contribution in [0.4, 0.5) is 18.0 Å². The van der Waals surface area contributed by atoms with Crippen molar-refractivity contribution in [3.63, 3.8) is 0 Å². The molecule has 0 unspecified atom stereocenters. The van der Waals surface area contributed by atoms with Gasteiger partial charge in [-0.25, -0.2) is 4.79 Å². The number of alkyl halides is 3. The summed E-state index contributed by atoms with van der Waals surface area (Å²) in [5.74, 6) is 0. The molecule has 1 heterocycles. The quantitative estimate of drug-likeness (QED) is 0.796. The van der Waals surface area contributed by atoms with Crippen LogP contribution in [0.2, 0.25) is 0 Å². The molecule has 1 aliphatic carbocycles. The van der Waals surface area contributed by atoms with Crippen LogP contribution in [0.25, 0.3) is 0 Å². The van der Waals surface area contributed by atoms with Gasteiger partial charge in [0.25, 0.3) is 0 Å². The topological polar surface area (TPSA) is 32.3 Å². The van der Waals surface area contributed by atoms with E-state index in [1.54, 1.807) is 0 Å². The number of allylic oxidation sites excluding steroid dienone is 2. The van der Waals surface area contributed by atoms with E-state index in [0.717, 1.165) is 18.4 Å². The maximum atomic E-state index is 12.4. The van der Waals surface area contributed by atoms with E-state index < -0.39 is 18.2 Å². The fourth-order valence-electron chi connectivity index (χ4n) is 1.92. The third-order valence-electron chi connectivity index (χ3n) is 2.83. The van der Waals surface area contributed by atoms with Crippen molar-refractivity contribution < 1.29 is 18.0 Å². The van der Waals surface area contributed by atoms with Gasteiger partial charge in [0, 0.05) is 6.54 Å². The molecule has 2 aliphatic rings. The molecule has 0 bridgehead atoms. The molecule has 1 atom stereocenters. The zero-order chi connectivity index (χ0) is 12.5. The number of carbonyl (C=O) groups excluding carboxylic acids is 1. The van der Waals surface area contributed by atoms with Crippen LogP contribution in [0.15, 0.2) is 23.8 Å². The summed E-state index contributed by atoms with van der Waals surface area (Å²) in [6.45, 7) is -0.0670. The number of urea groups is 1.